The van der Waals surface area contributed by atoms with Crippen LogP contribution in [0.25, 0.3) is 0 Å². The third-order valence-electron chi connectivity index (χ3n) is 3.03. The standard InChI is InChI=1S/C11H22N4O2S2/c1-5-10(8-18-4)15(3)19(16,17)11-9(6-12-2)7-13-14-11/h7,10,12H,5-6,8H2,1-4H3,(H,13,14). The fraction of sp³-hybridized carbons (Fsp3) is 0.727. The maximum Gasteiger partial charge on any atom is 0.260 e. The molecule has 1 unspecified atom stereocenters. The average molecular weight is 306 g/mol. The number of aromatic nitrogens is 2. The molecule has 110 valence electrons. The van der Waals surface area contributed by atoms with Crippen molar-refractivity contribution in [3.63, 3.8) is 0 Å². The first-order chi connectivity index (χ1) is 8.98. The third-order valence-corrected chi connectivity index (χ3v) is 5.67. The number of hydrogen-bond donors (Lipinski definition) is 2. The molecule has 0 radical (unpaired) electrons. The maximum atomic E-state index is 12.6. The second-order valence-corrected chi connectivity index (χ2v) is 7.14. The van der Waals surface area contributed by atoms with Gasteiger partial charge in [-0.1, -0.05) is 6.92 Å². The molecule has 0 aliphatic carbocycles. The molecule has 0 saturated heterocycles. The van der Waals surface area contributed by atoms with Crippen LogP contribution in [-0.2, 0) is 16.6 Å². The first-order valence-electron chi connectivity index (χ1n) is 6.12. The van der Waals surface area contributed by atoms with Gasteiger partial charge in [-0.15, -0.1) is 0 Å². The van der Waals surface area contributed by atoms with Crippen molar-refractivity contribution in [3.05, 3.63) is 11.8 Å². The second kappa shape index (κ2) is 7.28. The lowest BCUT2D eigenvalue weighted by molar-refractivity contribution is 0.383. The van der Waals surface area contributed by atoms with Crippen LogP contribution in [-0.4, -0.2) is 55.1 Å². The molecule has 1 atom stereocenters. The van der Waals surface area contributed by atoms with Crippen LogP contribution in [0.15, 0.2) is 11.2 Å². The van der Waals surface area contributed by atoms with Gasteiger partial charge in [0.1, 0.15) is 0 Å². The molecule has 0 saturated carbocycles. The zero-order valence-electron chi connectivity index (χ0n) is 11.8. The van der Waals surface area contributed by atoms with Crippen molar-refractivity contribution in [2.75, 3.05) is 26.1 Å². The molecule has 6 nitrogen and oxygen atoms in total. The van der Waals surface area contributed by atoms with E-state index < -0.39 is 10.0 Å². The fourth-order valence-electron chi connectivity index (χ4n) is 1.85. The molecule has 19 heavy (non-hydrogen) atoms. The van der Waals surface area contributed by atoms with E-state index >= 15 is 0 Å². The lowest BCUT2D eigenvalue weighted by atomic mass is 10.3. The molecular formula is C11H22N4O2S2. The minimum atomic E-state index is -3.52. The van der Waals surface area contributed by atoms with Gasteiger partial charge < -0.3 is 5.32 Å². The Morgan fingerprint density at radius 2 is 2.26 bits per heavy atom. The van der Waals surface area contributed by atoms with Crippen LogP contribution in [0.3, 0.4) is 0 Å². The van der Waals surface area contributed by atoms with Gasteiger partial charge >= 0.3 is 0 Å². The molecule has 1 rings (SSSR count). The number of nitrogens with zero attached hydrogens (tertiary/aromatic N) is 2. The molecule has 0 amide bonds. The van der Waals surface area contributed by atoms with E-state index in [4.69, 9.17) is 0 Å². The first-order valence-corrected chi connectivity index (χ1v) is 8.96. The number of aromatic amines is 1. The van der Waals surface area contributed by atoms with Gasteiger partial charge in [0, 0.05) is 31.0 Å². The van der Waals surface area contributed by atoms with Crippen LogP contribution in [0.1, 0.15) is 18.9 Å². The lowest BCUT2D eigenvalue weighted by Crippen LogP contribution is -2.38. The Kier molecular flexibility index (Phi) is 6.31. The predicted octanol–water partition coefficient (Wildman–Crippen LogP) is 0.891. The van der Waals surface area contributed by atoms with E-state index in [0.29, 0.717) is 12.1 Å². The Labute approximate surface area is 119 Å². The largest absolute Gasteiger partial charge is 0.316 e. The average Bonchev–Trinajstić information content (AvgIpc) is 2.84. The zero-order chi connectivity index (χ0) is 14.5. The molecule has 0 bridgehead atoms. The molecular weight excluding hydrogens is 284 g/mol. The van der Waals surface area contributed by atoms with Crippen LogP contribution in [0.2, 0.25) is 0 Å². The highest BCUT2D eigenvalue weighted by Crippen LogP contribution is 2.20. The summed E-state index contributed by atoms with van der Waals surface area (Å²) in [6.45, 7) is 2.46. The van der Waals surface area contributed by atoms with Crippen LogP contribution in [0.5, 0.6) is 0 Å². The van der Waals surface area contributed by atoms with Gasteiger partial charge in [-0.2, -0.15) is 21.2 Å². The fourth-order valence-corrected chi connectivity index (χ4v) is 4.32. The van der Waals surface area contributed by atoms with E-state index in [1.807, 2.05) is 13.2 Å². The summed E-state index contributed by atoms with van der Waals surface area (Å²) < 4.78 is 26.6. The summed E-state index contributed by atoms with van der Waals surface area (Å²) in [4.78, 5) is 0. The Balaban J connectivity index is 3.05. The molecule has 0 spiro atoms. The van der Waals surface area contributed by atoms with Crippen molar-refractivity contribution in [1.82, 2.24) is 19.8 Å². The van der Waals surface area contributed by atoms with E-state index in [0.717, 1.165) is 12.2 Å². The summed E-state index contributed by atoms with van der Waals surface area (Å²) in [6, 6.07) is -0.00858. The highest BCUT2D eigenvalue weighted by atomic mass is 32.2. The smallest absolute Gasteiger partial charge is 0.260 e. The molecule has 2 N–H and O–H groups in total. The van der Waals surface area contributed by atoms with Crippen molar-refractivity contribution >= 4 is 21.8 Å². The Morgan fingerprint density at radius 1 is 1.58 bits per heavy atom. The number of sulfonamides is 1. The molecule has 0 aromatic carbocycles. The lowest BCUT2D eigenvalue weighted by Gasteiger charge is -2.25. The third kappa shape index (κ3) is 3.71. The summed E-state index contributed by atoms with van der Waals surface area (Å²) in [5, 5.41) is 9.58. The molecule has 8 heteroatoms. The highest BCUT2D eigenvalue weighted by Gasteiger charge is 2.30. The van der Waals surface area contributed by atoms with Gasteiger partial charge in [-0.25, -0.2) is 8.42 Å². The number of hydrogen-bond acceptors (Lipinski definition) is 5. The van der Waals surface area contributed by atoms with Gasteiger partial charge in [0.2, 0.25) is 0 Å². The van der Waals surface area contributed by atoms with Gasteiger partial charge in [0.05, 0.1) is 6.20 Å². The minimum absolute atomic E-state index is 0.00858. The van der Waals surface area contributed by atoms with Gasteiger partial charge in [-0.3, -0.25) is 5.10 Å². The Morgan fingerprint density at radius 3 is 2.79 bits per heavy atom. The van der Waals surface area contributed by atoms with E-state index in [1.165, 1.54) is 4.31 Å². The zero-order valence-corrected chi connectivity index (χ0v) is 13.4. The SMILES string of the molecule is CCC(CSC)N(C)S(=O)(=O)c1[nH]ncc1CNC. The number of rotatable bonds is 8. The van der Waals surface area contributed by atoms with E-state index in [1.54, 1.807) is 32.1 Å². The van der Waals surface area contributed by atoms with Gasteiger partial charge in [0.15, 0.2) is 5.03 Å². The summed E-state index contributed by atoms with van der Waals surface area (Å²) in [6.07, 6.45) is 4.31. The van der Waals surface area contributed by atoms with Gasteiger partial charge in [0.25, 0.3) is 10.0 Å². The second-order valence-electron chi connectivity index (χ2n) is 4.29. The van der Waals surface area contributed by atoms with Crippen molar-refractivity contribution in [3.8, 4) is 0 Å². The van der Waals surface area contributed by atoms with Crippen molar-refractivity contribution in [2.45, 2.75) is 31.0 Å². The summed E-state index contributed by atoms with van der Waals surface area (Å²) in [7, 11) is -0.118. The monoisotopic (exact) mass is 306 g/mol. The first kappa shape index (κ1) is 16.5. The molecule has 1 heterocycles. The number of thioether (sulfide) groups is 1. The van der Waals surface area contributed by atoms with Crippen LogP contribution in [0.4, 0.5) is 0 Å². The minimum Gasteiger partial charge on any atom is -0.316 e. The Hall–Kier alpha value is -0.570. The van der Waals surface area contributed by atoms with Crippen molar-refractivity contribution in [1.29, 1.82) is 0 Å². The quantitative estimate of drug-likeness (QED) is 0.746. The van der Waals surface area contributed by atoms with Crippen molar-refractivity contribution in [2.24, 2.45) is 0 Å². The van der Waals surface area contributed by atoms with E-state index in [9.17, 15) is 8.42 Å². The molecule has 1 aromatic rings. The number of H-pyrrole nitrogens is 1. The van der Waals surface area contributed by atoms with E-state index in [-0.39, 0.29) is 11.1 Å². The topological polar surface area (TPSA) is 78.1 Å². The van der Waals surface area contributed by atoms with Crippen LogP contribution >= 0.6 is 11.8 Å². The predicted molar refractivity (Wildman–Crippen MR) is 78.8 cm³/mol. The maximum absolute atomic E-state index is 12.6. The van der Waals surface area contributed by atoms with E-state index in [2.05, 4.69) is 15.5 Å². The molecule has 1 aromatic heterocycles. The van der Waals surface area contributed by atoms with Crippen LogP contribution < -0.4 is 5.32 Å². The molecule has 0 aliphatic rings. The summed E-state index contributed by atoms with van der Waals surface area (Å²) in [5.74, 6) is 0.779. The Bertz CT molecular complexity index is 487. The molecule has 0 fully saturated rings. The highest BCUT2D eigenvalue weighted by molar-refractivity contribution is 7.98. The van der Waals surface area contributed by atoms with Gasteiger partial charge in [-0.05, 0) is 19.7 Å². The van der Waals surface area contributed by atoms with Crippen LogP contribution in [0, 0.1) is 0 Å². The summed E-state index contributed by atoms with van der Waals surface area (Å²) in [5.41, 5.74) is 0.661. The normalized spacial score (nSPS) is 13.9. The van der Waals surface area contributed by atoms with Crippen molar-refractivity contribution < 1.29 is 8.42 Å². The molecule has 0 aliphatic heterocycles. The number of nitrogens with one attached hydrogen (secondary N) is 2. The summed E-state index contributed by atoms with van der Waals surface area (Å²) >= 11 is 1.65.